The van der Waals surface area contributed by atoms with Crippen molar-refractivity contribution in [2.75, 3.05) is 5.32 Å². The van der Waals surface area contributed by atoms with E-state index in [1.807, 2.05) is 48.7 Å². The molecule has 2 aromatic heterocycles. The van der Waals surface area contributed by atoms with E-state index in [-0.39, 0.29) is 5.91 Å². The molecule has 1 unspecified atom stereocenters. The van der Waals surface area contributed by atoms with Gasteiger partial charge in [-0.2, -0.15) is 0 Å². The number of amides is 1. The van der Waals surface area contributed by atoms with E-state index >= 15 is 0 Å². The Morgan fingerprint density at radius 2 is 1.80 bits per heavy atom. The Labute approximate surface area is 205 Å². The van der Waals surface area contributed by atoms with Crippen molar-refractivity contribution in [1.29, 1.82) is 0 Å². The number of pyridine rings is 1. The molecule has 2 aromatic carbocycles. The molecule has 1 atom stereocenters. The Morgan fingerprint density at radius 3 is 2.60 bits per heavy atom. The van der Waals surface area contributed by atoms with Gasteiger partial charge >= 0.3 is 0 Å². The number of hydrogen-bond acceptors (Lipinski definition) is 4. The molecule has 0 saturated carbocycles. The number of anilines is 1. The van der Waals surface area contributed by atoms with Crippen molar-refractivity contribution in [3.8, 4) is 0 Å². The molecule has 1 aliphatic carbocycles. The van der Waals surface area contributed by atoms with Crippen LogP contribution in [0.5, 0.6) is 0 Å². The molecule has 0 bridgehead atoms. The van der Waals surface area contributed by atoms with Crippen molar-refractivity contribution in [2.24, 2.45) is 5.73 Å². The lowest BCUT2D eigenvalue weighted by molar-refractivity contribution is 0.0951. The van der Waals surface area contributed by atoms with Crippen LogP contribution in [0, 0.1) is 0 Å². The zero-order valence-electron chi connectivity index (χ0n) is 19.8. The molecule has 6 heteroatoms. The summed E-state index contributed by atoms with van der Waals surface area (Å²) in [6.45, 7) is 1.65. The fourth-order valence-electron chi connectivity index (χ4n) is 4.64. The minimum atomic E-state index is -0.116. The summed E-state index contributed by atoms with van der Waals surface area (Å²) in [4.78, 5) is 17.9. The van der Waals surface area contributed by atoms with Crippen molar-refractivity contribution in [3.63, 3.8) is 0 Å². The highest BCUT2D eigenvalue weighted by molar-refractivity contribution is 5.95. The largest absolute Gasteiger partial charge is 0.366 e. The molecule has 6 nitrogen and oxygen atoms in total. The highest BCUT2D eigenvalue weighted by atomic mass is 16.1. The van der Waals surface area contributed by atoms with E-state index in [0.717, 1.165) is 47.5 Å². The van der Waals surface area contributed by atoms with Gasteiger partial charge in [-0.25, -0.2) is 4.98 Å². The van der Waals surface area contributed by atoms with Crippen LogP contribution in [0.2, 0.25) is 0 Å². The molecule has 2 heterocycles. The molecule has 4 N–H and O–H groups in total. The normalized spacial score (nSPS) is 15.3. The number of nitrogens with two attached hydrogens (primary N) is 1. The van der Waals surface area contributed by atoms with Crippen LogP contribution in [0.3, 0.4) is 0 Å². The molecule has 0 aliphatic heterocycles. The highest BCUT2D eigenvalue weighted by Gasteiger charge is 2.22. The second-order valence-corrected chi connectivity index (χ2v) is 9.02. The number of fused-ring (bicyclic) bond motifs is 1. The number of nitrogens with zero attached hydrogens (tertiary/aromatic N) is 2. The summed E-state index contributed by atoms with van der Waals surface area (Å²) in [5.41, 5.74) is 11.5. The van der Waals surface area contributed by atoms with E-state index in [0.29, 0.717) is 31.1 Å². The maximum atomic E-state index is 12.9. The van der Waals surface area contributed by atoms with Crippen LogP contribution < -0.4 is 16.4 Å². The van der Waals surface area contributed by atoms with Crippen LogP contribution in [0.1, 0.15) is 57.9 Å². The molecule has 0 fully saturated rings. The molecule has 0 spiro atoms. The van der Waals surface area contributed by atoms with Gasteiger partial charge in [0.1, 0.15) is 11.5 Å². The minimum Gasteiger partial charge on any atom is -0.366 e. The Bertz CT molecular complexity index is 1340. The summed E-state index contributed by atoms with van der Waals surface area (Å²) in [6.07, 6.45) is 9.57. The summed E-state index contributed by atoms with van der Waals surface area (Å²) in [5, 5.41) is 6.64. The average Bonchev–Trinajstić information content (AvgIpc) is 3.29. The van der Waals surface area contributed by atoms with Crippen molar-refractivity contribution in [2.45, 2.75) is 44.8 Å². The van der Waals surface area contributed by atoms with Gasteiger partial charge in [0.25, 0.3) is 5.91 Å². The van der Waals surface area contributed by atoms with E-state index in [2.05, 4.69) is 51.5 Å². The minimum absolute atomic E-state index is 0.116. The third kappa shape index (κ3) is 5.28. The first-order chi connectivity index (χ1) is 17.2. The van der Waals surface area contributed by atoms with E-state index in [1.54, 1.807) is 0 Å². The summed E-state index contributed by atoms with van der Waals surface area (Å²) in [5.74, 6) is 1.26. The van der Waals surface area contributed by atoms with Crippen LogP contribution in [0.15, 0.2) is 85.1 Å². The van der Waals surface area contributed by atoms with Crippen molar-refractivity contribution >= 4 is 17.4 Å². The first kappa shape index (κ1) is 22.9. The predicted molar refractivity (Wildman–Crippen MR) is 140 cm³/mol. The second-order valence-electron chi connectivity index (χ2n) is 9.02. The molecule has 1 amide bonds. The molecule has 35 heavy (non-hydrogen) atoms. The lowest BCUT2D eigenvalue weighted by atomic mass is 9.91. The quantitative estimate of drug-likeness (QED) is 0.314. The average molecular weight is 466 g/mol. The third-order valence-electron chi connectivity index (χ3n) is 6.55. The number of rotatable bonds is 8. The van der Waals surface area contributed by atoms with Gasteiger partial charge < -0.3 is 16.4 Å². The second kappa shape index (κ2) is 10.6. The van der Waals surface area contributed by atoms with Crippen molar-refractivity contribution in [3.05, 3.63) is 113 Å². The number of allylic oxidation sites excluding steroid dienone is 2. The topological polar surface area (TPSA) is 84.5 Å². The van der Waals surface area contributed by atoms with Gasteiger partial charge in [0.05, 0.1) is 5.69 Å². The molecule has 178 valence electrons. The Kier molecular flexibility index (Phi) is 6.91. The fraction of sp³-hybridized carbons (Fsp3) is 0.241. The van der Waals surface area contributed by atoms with Crippen LogP contribution in [0.4, 0.5) is 5.82 Å². The van der Waals surface area contributed by atoms with E-state index in [9.17, 15) is 4.79 Å². The number of carbonyl (C=O) groups is 1. The molecular formula is C29H31N5O. The molecule has 5 rings (SSSR count). The molecule has 1 aliphatic rings. The first-order valence-corrected chi connectivity index (χ1v) is 12.2. The van der Waals surface area contributed by atoms with Crippen LogP contribution in [-0.2, 0) is 19.6 Å². The van der Waals surface area contributed by atoms with Crippen LogP contribution >= 0.6 is 0 Å². The maximum Gasteiger partial charge on any atom is 0.251 e. The Morgan fingerprint density at radius 1 is 0.971 bits per heavy atom. The van der Waals surface area contributed by atoms with Gasteiger partial charge in [-0.3, -0.25) is 9.20 Å². The van der Waals surface area contributed by atoms with Gasteiger partial charge in [0.2, 0.25) is 0 Å². The van der Waals surface area contributed by atoms with Crippen LogP contribution in [-0.4, -0.2) is 15.3 Å². The Hall–Kier alpha value is -3.90. The standard InChI is InChI=1S/C29H31N5O/c30-18-22-10-7-11-23(16-22)20-32-29(35)25-14-15-34-26(17-25)33-27(24-12-5-2-6-13-24)28(34)31-19-21-8-3-1-4-9-21/h1-5,7-11,14-17,24,31H,6,12-13,18-20,30H2,(H,32,35). The van der Waals surface area contributed by atoms with Gasteiger partial charge in [-0.1, -0.05) is 66.7 Å². The van der Waals surface area contributed by atoms with E-state index in [1.165, 1.54) is 5.56 Å². The van der Waals surface area contributed by atoms with Gasteiger partial charge in [0.15, 0.2) is 0 Å². The number of nitrogens with one attached hydrogen (secondary N) is 2. The lowest BCUT2D eigenvalue weighted by Crippen LogP contribution is -2.23. The monoisotopic (exact) mass is 465 g/mol. The SMILES string of the molecule is NCc1cccc(CNC(=O)c2ccn3c(NCc4ccccc4)c(C4CC=CCC4)nc3c2)c1. The van der Waals surface area contributed by atoms with Crippen molar-refractivity contribution < 1.29 is 4.79 Å². The zero-order valence-corrected chi connectivity index (χ0v) is 19.8. The summed E-state index contributed by atoms with van der Waals surface area (Å²) in [7, 11) is 0. The molecule has 0 saturated heterocycles. The number of imidazole rings is 1. The van der Waals surface area contributed by atoms with Gasteiger partial charge in [-0.15, -0.1) is 0 Å². The number of aromatic nitrogens is 2. The van der Waals surface area contributed by atoms with Crippen molar-refractivity contribution in [1.82, 2.24) is 14.7 Å². The molecule has 4 aromatic rings. The summed E-state index contributed by atoms with van der Waals surface area (Å²) >= 11 is 0. The molecular weight excluding hydrogens is 434 g/mol. The predicted octanol–water partition coefficient (Wildman–Crippen LogP) is 5.16. The fourth-order valence-corrected chi connectivity index (χ4v) is 4.64. The summed E-state index contributed by atoms with van der Waals surface area (Å²) < 4.78 is 2.07. The van der Waals surface area contributed by atoms with E-state index in [4.69, 9.17) is 10.7 Å². The number of benzene rings is 2. The summed E-state index contributed by atoms with van der Waals surface area (Å²) in [6, 6.07) is 22.1. The number of hydrogen-bond donors (Lipinski definition) is 3. The van der Waals surface area contributed by atoms with E-state index < -0.39 is 0 Å². The molecule has 0 radical (unpaired) electrons. The first-order valence-electron chi connectivity index (χ1n) is 12.2. The maximum absolute atomic E-state index is 12.9. The van der Waals surface area contributed by atoms with Gasteiger partial charge in [0, 0.05) is 37.3 Å². The highest BCUT2D eigenvalue weighted by Crippen LogP contribution is 2.34. The number of carbonyl (C=O) groups excluding carboxylic acids is 1. The lowest BCUT2D eigenvalue weighted by Gasteiger charge is -2.18. The Balaban J connectivity index is 1.39. The zero-order chi connectivity index (χ0) is 24.0. The van der Waals surface area contributed by atoms with Crippen LogP contribution in [0.25, 0.3) is 5.65 Å². The van der Waals surface area contributed by atoms with Gasteiger partial charge in [-0.05, 0) is 48.1 Å². The smallest absolute Gasteiger partial charge is 0.251 e. The third-order valence-corrected chi connectivity index (χ3v) is 6.55.